The molecule has 1 amide bonds. The van der Waals surface area contributed by atoms with E-state index in [9.17, 15) is 4.79 Å². The lowest BCUT2D eigenvalue weighted by atomic mass is 9.94. The van der Waals surface area contributed by atoms with Crippen molar-refractivity contribution < 1.29 is 4.79 Å². The maximum absolute atomic E-state index is 12.9. The zero-order valence-electron chi connectivity index (χ0n) is 14.5. The van der Waals surface area contributed by atoms with Crippen molar-refractivity contribution in [3.05, 3.63) is 47.0 Å². The minimum atomic E-state index is 0.0798. The van der Waals surface area contributed by atoms with Crippen molar-refractivity contribution in [2.24, 2.45) is 5.92 Å². The molecule has 5 rings (SSSR count). The summed E-state index contributed by atoms with van der Waals surface area (Å²) in [4.78, 5) is 21.9. The molecule has 0 aliphatic carbocycles. The normalized spacial score (nSPS) is 23.5. The first kappa shape index (κ1) is 16.5. The zero-order chi connectivity index (χ0) is 17.2. The first-order valence-corrected chi connectivity index (χ1v) is 9.81. The SMILES string of the molecule is CNc1nc(C(=O)N2C[C@@H]3CC[C@H](C2)N(Cc2ccccc2)C3)cs1. The molecule has 6 heteroatoms. The minimum absolute atomic E-state index is 0.0798. The highest BCUT2D eigenvalue weighted by Gasteiger charge is 2.37. The molecule has 3 saturated heterocycles. The van der Waals surface area contributed by atoms with Crippen LogP contribution in [0.4, 0.5) is 5.13 Å². The maximum atomic E-state index is 12.9. The Morgan fingerprint density at radius 3 is 2.84 bits per heavy atom. The largest absolute Gasteiger partial charge is 0.365 e. The highest BCUT2D eigenvalue weighted by Crippen LogP contribution is 2.30. The van der Waals surface area contributed by atoms with E-state index in [4.69, 9.17) is 0 Å². The van der Waals surface area contributed by atoms with Crippen LogP contribution in [0, 0.1) is 5.92 Å². The molecule has 2 aromatic rings. The number of fused-ring (bicyclic) bond motifs is 4. The maximum Gasteiger partial charge on any atom is 0.273 e. The summed E-state index contributed by atoms with van der Waals surface area (Å²) in [5, 5.41) is 5.67. The van der Waals surface area contributed by atoms with Gasteiger partial charge in [0.25, 0.3) is 5.91 Å². The molecular formula is C19H24N4OS. The zero-order valence-corrected chi connectivity index (χ0v) is 15.3. The predicted octanol–water partition coefficient (Wildman–Crippen LogP) is 2.92. The van der Waals surface area contributed by atoms with Gasteiger partial charge in [-0.25, -0.2) is 4.98 Å². The Bertz CT molecular complexity index is 732. The van der Waals surface area contributed by atoms with Crippen LogP contribution in [0.5, 0.6) is 0 Å². The van der Waals surface area contributed by atoms with Gasteiger partial charge in [-0.15, -0.1) is 11.3 Å². The number of thiazole rings is 1. The van der Waals surface area contributed by atoms with Crippen molar-refractivity contribution in [3.63, 3.8) is 0 Å². The van der Waals surface area contributed by atoms with Crippen LogP contribution in [0.15, 0.2) is 35.7 Å². The Morgan fingerprint density at radius 1 is 1.24 bits per heavy atom. The van der Waals surface area contributed by atoms with Crippen molar-refractivity contribution in [1.82, 2.24) is 14.8 Å². The van der Waals surface area contributed by atoms with Gasteiger partial charge in [0.05, 0.1) is 0 Å². The number of nitrogens with one attached hydrogen (secondary N) is 1. The third-order valence-electron chi connectivity index (χ3n) is 5.28. The van der Waals surface area contributed by atoms with Gasteiger partial charge in [0.2, 0.25) is 0 Å². The van der Waals surface area contributed by atoms with Gasteiger partial charge >= 0.3 is 0 Å². The third-order valence-corrected chi connectivity index (χ3v) is 6.14. The van der Waals surface area contributed by atoms with E-state index in [1.165, 1.54) is 29.7 Å². The fourth-order valence-electron chi connectivity index (χ4n) is 4.01. The Balaban J connectivity index is 1.48. The lowest BCUT2D eigenvalue weighted by Gasteiger charge is -2.36. The molecule has 0 saturated carbocycles. The molecule has 25 heavy (non-hydrogen) atoms. The average molecular weight is 356 g/mol. The Morgan fingerprint density at radius 2 is 2.08 bits per heavy atom. The second-order valence-corrected chi connectivity index (χ2v) is 7.87. The molecule has 3 fully saturated rings. The number of aromatic nitrogens is 1. The van der Waals surface area contributed by atoms with Crippen LogP contribution in [0.25, 0.3) is 0 Å². The molecule has 2 bridgehead atoms. The number of nitrogens with zero attached hydrogens (tertiary/aromatic N) is 3. The van der Waals surface area contributed by atoms with Crippen LogP contribution in [0.1, 0.15) is 28.9 Å². The highest BCUT2D eigenvalue weighted by molar-refractivity contribution is 7.13. The summed E-state index contributed by atoms with van der Waals surface area (Å²) >= 11 is 1.49. The molecule has 5 nitrogen and oxygen atoms in total. The van der Waals surface area contributed by atoms with Crippen molar-refractivity contribution in [3.8, 4) is 0 Å². The smallest absolute Gasteiger partial charge is 0.273 e. The monoisotopic (exact) mass is 356 g/mol. The molecular weight excluding hydrogens is 332 g/mol. The topological polar surface area (TPSA) is 48.5 Å². The summed E-state index contributed by atoms with van der Waals surface area (Å²) in [6.07, 6.45) is 2.40. The predicted molar refractivity (Wildman–Crippen MR) is 101 cm³/mol. The molecule has 1 N–H and O–H groups in total. The fraction of sp³-hybridized carbons (Fsp3) is 0.474. The van der Waals surface area contributed by atoms with Gasteiger partial charge in [0.15, 0.2) is 5.13 Å². The van der Waals surface area contributed by atoms with E-state index < -0.39 is 0 Å². The van der Waals surface area contributed by atoms with E-state index in [0.717, 1.165) is 31.3 Å². The Labute approximate surface area is 152 Å². The minimum Gasteiger partial charge on any atom is -0.365 e. The second kappa shape index (κ2) is 7.14. The summed E-state index contributed by atoms with van der Waals surface area (Å²) in [5.74, 6) is 0.644. The summed E-state index contributed by atoms with van der Waals surface area (Å²) in [5.41, 5.74) is 1.93. The van der Waals surface area contributed by atoms with Crippen molar-refractivity contribution in [1.29, 1.82) is 0 Å². The van der Waals surface area contributed by atoms with Crippen LogP contribution < -0.4 is 5.32 Å². The third kappa shape index (κ3) is 3.55. The summed E-state index contributed by atoms with van der Waals surface area (Å²) < 4.78 is 0. The van der Waals surface area contributed by atoms with Gasteiger partial charge in [-0.05, 0) is 24.3 Å². The molecule has 0 radical (unpaired) electrons. The van der Waals surface area contributed by atoms with Crippen molar-refractivity contribution in [2.75, 3.05) is 32.0 Å². The molecule has 1 aromatic heterocycles. The second-order valence-electron chi connectivity index (χ2n) is 7.01. The van der Waals surface area contributed by atoms with Crippen LogP contribution in [0.2, 0.25) is 0 Å². The molecule has 132 valence electrons. The van der Waals surface area contributed by atoms with E-state index in [2.05, 4.69) is 45.5 Å². The molecule has 2 atom stereocenters. The lowest BCUT2D eigenvalue weighted by Crippen LogP contribution is -2.43. The standard InChI is InChI=1S/C19H24N4OS/c1-20-19-21-17(13-25-19)18(24)23-11-15-7-8-16(12-23)22(10-15)9-14-5-3-2-4-6-14/h2-6,13,15-16H,7-12H2,1H3,(H,20,21)/t15-,16-/m1/s1. The van der Waals surface area contributed by atoms with E-state index >= 15 is 0 Å². The van der Waals surface area contributed by atoms with Gasteiger partial charge < -0.3 is 10.2 Å². The number of anilines is 1. The number of carbonyl (C=O) groups is 1. The highest BCUT2D eigenvalue weighted by atomic mass is 32.1. The number of rotatable bonds is 4. The van der Waals surface area contributed by atoms with E-state index in [-0.39, 0.29) is 5.91 Å². The average Bonchev–Trinajstić information content (AvgIpc) is 2.95. The summed E-state index contributed by atoms with van der Waals surface area (Å²) in [7, 11) is 1.83. The Hall–Kier alpha value is -1.92. The number of carbonyl (C=O) groups excluding carboxylic acids is 1. The van der Waals surface area contributed by atoms with Crippen LogP contribution in [-0.4, -0.2) is 53.4 Å². The number of hydrogen-bond acceptors (Lipinski definition) is 5. The molecule has 3 aliphatic rings. The molecule has 3 aliphatic heterocycles. The number of hydrogen-bond donors (Lipinski definition) is 1. The van der Waals surface area contributed by atoms with E-state index in [1.54, 1.807) is 0 Å². The molecule has 0 spiro atoms. The lowest BCUT2D eigenvalue weighted by molar-refractivity contribution is 0.0731. The van der Waals surface area contributed by atoms with Crippen LogP contribution >= 0.6 is 11.3 Å². The molecule has 0 unspecified atom stereocenters. The molecule has 1 aromatic carbocycles. The summed E-state index contributed by atoms with van der Waals surface area (Å²) in [6.45, 7) is 3.73. The van der Waals surface area contributed by atoms with Gasteiger partial charge in [-0.2, -0.15) is 0 Å². The van der Waals surface area contributed by atoms with Crippen LogP contribution in [-0.2, 0) is 6.54 Å². The molecule has 4 heterocycles. The summed E-state index contributed by atoms with van der Waals surface area (Å²) in [6, 6.07) is 11.1. The quantitative estimate of drug-likeness (QED) is 0.915. The van der Waals surface area contributed by atoms with Gasteiger partial charge in [-0.1, -0.05) is 30.3 Å². The van der Waals surface area contributed by atoms with Crippen molar-refractivity contribution in [2.45, 2.75) is 25.4 Å². The fourth-order valence-corrected chi connectivity index (χ4v) is 4.65. The number of amides is 1. The van der Waals surface area contributed by atoms with Gasteiger partial charge in [0.1, 0.15) is 5.69 Å². The van der Waals surface area contributed by atoms with E-state index in [1.807, 2.05) is 17.3 Å². The van der Waals surface area contributed by atoms with Gasteiger partial charge in [-0.3, -0.25) is 9.69 Å². The van der Waals surface area contributed by atoms with Crippen molar-refractivity contribution >= 4 is 22.4 Å². The first-order valence-electron chi connectivity index (χ1n) is 8.93. The van der Waals surface area contributed by atoms with Crippen LogP contribution in [0.3, 0.4) is 0 Å². The van der Waals surface area contributed by atoms with E-state index in [0.29, 0.717) is 17.7 Å². The van der Waals surface area contributed by atoms with Gasteiger partial charge in [0, 0.05) is 44.6 Å². The first-order chi connectivity index (χ1) is 12.2. The number of piperidine rings is 1. The Kier molecular flexibility index (Phi) is 4.72. The number of benzene rings is 1.